The molecule has 0 saturated carbocycles. The van der Waals surface area contributed by atoms with Gasteiger partial charge in [-0.25, -0.2) is 0 Å². The van der Waals surface area contributed by atoms with Crippen LogP contribution in [0, 0.1) is 11.3 Å². The number of hydrogen-bond donors (Lipinski definition) is 0. The van der Waals surface area contributed by atoms with Crippen LogP contribution < -0.4 is 0 Å². The smallest absolute Gasteiger partial charge is 0.195 e. The van der Waals surface area contributed by atoms with Crippen LogP contribution in [0.1, 0.15) is 6.42 Å². The van der Waals surface area contributed by atoms with Crippen molar-refractivity contribution in [3.63, 3.8) is 0 Å². The highest BCUT2D eigenvalue weighted by molar-refractivity contribution is 6.50. The second kappa shape index (κ2) is 4.51. The number of nitrogens with zero attached hydrogens (tertiary/aromatic N) is 1. The third kappa shape index (κ3) is 4.46. The minimum atomic E-state index is -1.40. The molecule has 0 aliphatic rings. The van der Waals surface area contributed by atoms with Gasteiger partial charge in [0.05, 0.1) is 5.38 Å². The Labute approximate surface area is 79.8 Å². The van der Waals surface area contributed by atoms with Gasteiger partial charge in [-0.05, 0) is 0 Å². The van der Waals surface area contributed by atoms with E-state index in [1.165, 1.54) is 0 Å². The Hall–Kier alpha value is 0.650. The molecular weight excluding hydrogens is 216 g/mol. The standard InChI is InChI=1S/C5H5Cl4N/c6-2-4(7)1-5(8,9)3-10/h4H,1-2H2. The SMILES string of the molecule is N#CC(Cl)(Cl)CC(Cl)CCl. The van der Waals surface area contributed by atoms with E-state index >= 15 is 0 Å². The second-order valence-corrected chi connectivity index (χ2v) is 4.18. The van der Waals surface area contributed by atoms with Gasteiger partial charge in [0.2, 0.25) is 4.33 Å². The first-order valence-corrected chi connectivity index (χ1v) is 4.23. The summed E-state index contributed by atoms with van der Waals surface area (Å²) in [7, 11) is 0. The molecule has 10 heavy (non-hydrogen) atoms. The fourth-order valence-corrected chi connectivity index (χ4v) is 1.25. The van der Waals surface area contributed by atoms with E-state index in [0.29, 0.717) is 0 Å². The molecule has 0 amide bonds. The molecule has 0 radical (unpaired) electrons. The third-order valence-electron chi connectivity index (χ3n) is 0.809. The molecule has 1 atom stereocenters. The highest BCUT2D eigenvalue weighted by Crippen LogP contribution is 2.27. The number of alkyl halides is 4. The fourth-order valence-electron chi connectivity index (χ4n) is 0.378. The Morgan fingerprint density at radius 3 is 2.30 bits per heavy atom. The van der Waals surface area contributed by atoms with Gasteiger partial charge in [-0.3, -0.25) is 0 Å². The predicted molar refractivity (Wildman–Crippen MR) is 45.0 cm³/mol. The number of halogens is 4. The molecule has 0 heterocycles. The van der Waals surface area contributed by atoms with Gasteiger partial charge in [0.25, 0.3) is 0 Å². The minimum absolute atomic E-state index is 0.178. The lowest BCUT2D eigenvalue weighted by atomic mass is 10.2. The molecule has 0 N–H and O–H groups in total. The maximum absolute atomic E-state index is 8.32. The average Bonchev–Trinajstić information content (AvgIpc) is 1.87. The number of hydrogen-bond acceptors (Lipinski definition) is 1. The van der Waals surface area contributed by atoms with Crippen LogP contribution in [0.3, 0.4) is 0 Å². The maximum atomic E-state index is 8.32. The third-order valence-corrected chi connectivity index (χ3v) is 2.13. The number of rotatable bonds is 3. The van der Waals surface area contributed by atoms with Crippen molar-refractivity contribution < 1.29 is 0 Å². The quantitative estimate of drug-likeness (QED) is 0.672. The molecule has 5 heteroatoms. The molecule has 1 unspecified atom stereocenters. The lowest BCUT2D eigenvalue weighted by molar-refractivity contribution is 0.797. The molecule has 0 rings (SSSR count). The van der Waals surface area contributed by atoms with Crippen LogP contribution in [-0.2, 0) is 0 Å². The molecule has 0 aromatic carbocycles. The molecule has 0 aromatic rings. The van der Waals surface area contributed by atoms with Crippen molar-refractivity contribution in [3.05, 3.63) is 0 Å². The predicted octanol–water partition coefficient (Wildman–Crippen LogP) is 2.92. The van der Waals surface area contributed by atoms with E-state index in [9.17, 15) is 0 Å². The zero-order valence-electron chi connectivity index (χ0n) is 4.95. The molecule has 0 bridgehead atoms. The Bertz CT molecular complexity index is 139. The summed E-state index contributed by atoms with van der Waals surface area (Å²) in [4.78, 5) is 0. The van der Waals surface area contributed by atoms with E-state index in [2.05, 4.69) is 0 Å². The van der Waals surface area contributed by atoms with E-state index in [-0.39, 0.29) is 17.7 Å². The lowest BCUT2D eigenvalue weighted by Crippen LogP contribution is -2.17. The summed E-state index contributed by atoms with van der Waals surface area (Å²) >= 11 is 21.8. The van der Waals surface area contributed by atoms with Crippen LogP contribution in [-0.4, -0.2) is 15.6 Å². The van der Waals surface area contributed by atoms with Crippen LogP contribution in [0.2, 0.25) is 0 Å². The highest BCUT2D eigenvalue weighted by atomic mass is 35.5. The van der Waals surface area contributed by atoms with Gasteiger partial charge in [0, 0.05) is 12.3 Å². The van der Waals surface area contributed by atoms with Crippen molar-refractivity contribution in [2.75, 3.05) is 5.88 Å². The molecule has 0 aliphatic carbocycles. The van der Waals surface area contributed by atoms with Crippen LogP contribution in [0.5, 0.6) is 0 Å². The van der Waals surface area contributed by atoms with E-state index < -0.39 is 4.33 Å². The highest BCUT2D eigenvalue weighted by Gasteiger charge is 2.26. The second-order valence-electron chi connectivity index (χ2n) is 1.77. The summed E-state index contributed by atoms with van der Waals surface area (Å²) in [6.07, 6.45) is 0.178. The van der Waals surface area contributed by atoms with Crippen LogP contribution in [0.4, 0.5) is 0 Å². The molecule has 0 aromatic heterocycles. The van der Waals surface area contributed by atoms with Crippen molar-refractivity contribution in [2.24, 2.45) is 0 Å². The maximum Gasteiger partial charge on any atom is 0.204 e. The fraction of sp³-hybridized carbons (Fsp3) is 0.800. The largest absolute Gasteiger partial charge is 0.204 e. The Morgan fingerprint density at radius 2 is 2.00 bits per heavy atom. The molecule has 0 fully saturated rings. The monoisotopic (exact) mass is 219 g/mol. The Morgan fingerprint density at radius 1 is 1.50 bits per heavy atom. The first kappa shape index (κ1) is 10.7. The van der Waals surface area contributed by atoms with Gasteiger partial charge >= 0.3 is 0 Å². The van der Waals surface area contributed by atoms with E-state index in [4.69, 9.17) is 51.7 Å². The van der Waals surface area contributed by atoms with Crippen molar-refractivity contribution in [3.8, 4) is 6.07 Å². The normalized spacial score (nSPS) is 14.3. The van der Waals surface area contributed by atoms with E-state index in [1.54, 1.807) is 6.07 Å². The zero-order valence-corrected chi connectivity index (χ0v) is 7.97. The lowest BCUT2D eigenvalue weighted by Gasteiger charge is -2.11. The number of nitriles is 1. The molecular formula is C5H5Cl4N. The van der Waals surface area contributed by atoms with Gasteiger partial charge in [-0.1, -0.05) is 23.2 Å². The van der Waals surface area contributed by atoms with E-state index in [0.717, 1.165) is 0 Å². The topological polar surface area (TPSA) is 23.8 Å². The van der Waals surface area contributed by atoms with E-state index in [1.807, 2.05) is 0 Å². The Kier molecular flexibility index (Phi) is 4.81. The van der Waals surface area contributed by atoms with Crippen molar-refractivity contribution in [1.29, 1.82) is 5.26 Å². The summed E-state index contributed by atoms with van der Waals surface area (Å²) in [5.74, 6) is 0.241. The summed E-state index contributed by atoms with van der Waals surface area (Å²) in [6, 6.07) is 1.69. The minimum Gasteiger partial charge on any atom is -0.195 e. The summed E-state index contributed by atoms with van der Waals surface area (Å²) in [5, 5.41) is 7.97. The Balaban J connectivity index is 3.79. The van der Waals surface area contributed by atoms with Crippen molar-refractivity contribution in [1.82, 2.24) is 0 Å². The molecule has 58 valence electrons. The van der Waals surface area contributed by atoms with Crippen LogP contribution in [0.25, 0.3) is 0 Å². The van der Waals surface area contributed by atoms with Crippen LogP contribution >= 0.6 is 46.4 Å². The van der Waals surface area contributed by atoms with Gasteiger partial charge < -0.3 is 0 Å². The zero-order chi connectivity index (χ0) is 8.20. The molecule has 0 saturated heterocycles. The molecule has 0 aliphatic heterocycles. The molecule has 1 nitrogen and oxygen atoms in total. The van der Waals surface area contributed by atoms with Gasteiger partial charge in [-0.15, -0.1) is 23.2 Å². The molecule has 0 spiro atoms. The van der Waals surface area contributed by atoms with Crippen LogP contribution in [0.15, 0.2) is 0 Å². The van der Waals surface area contributed by atoms with Crippen molar-refractivity contribution >= 4 is 46.4 Å². The summed E-state index contributed by atoms with van der Waals surface area (Å²) in [6.45, 7) is 0. The first-order valence-electron chi connectivity index (χ1n) is 2.51. The van der Waals surface area contributed by atoms with Gasteiger partial charge in [-0.2, -0.15) is 5.26 Å². The van der Waals surface area contributed by atoms with Gasteiger partial charge in [0.15, 0.2) is 0 Å². The summed E-state index contributed by atoms with van der Waals surface area (Å²) < 4.78 is -1.40. The summed E-state index contributed by atoms with van der Waals surface area (Å²) in [5.41, 5.74) is 0. The van der Waals surface area contributed by atoms with Crippen molar-refractivity contribution in [2.45, 2.75) is 16.1 Å². The van der Waals surface area contributed by atoms with Gasteiger partial charge in [0.1, 0.15) is 6.07 Å². The first-order chi connectivity index (χ1) is 4.52. The average molecular weight is 221 g/mol.